The zero-order valence-corrected chi connectivity index (χ0v) is 19.8. The normalized spacial score (nSPS) is 16.3. The van der Waals surface area contributed by atoms with Gasteiger partial charge in [-0.05, 0) is 50.1 Å². The maximum absolute atomic E-state index is 13.7. The number of aromatic nitrogens is 1. The van der Waals surface area contributed by atoms with E-state index in [0.29, 0.717) is 37.6 Å². The van der Waals surface area contributed by atoms with Crippen molar-refractivity contribution in [1.82, 2.24) is 14.4 Å². The Morgan fingerprint density at radius 3 is 2.56 bits per heavy atom. The molecule has 1 unspecified atom stereocenters. The van der Waals surface area contributed by atoms with Crippen molar-refractivity contribution in [2.24, 2.45) is 0 Å². The quantitative estimate of drug-likeness (QED) is 0.440. The van der Waals surface area contributed by atoms with E-state index in [1.165, 1.54) is 5.56 Å². The van der Waals surface area contributed by atoms with Gasteiger partial charge in [-0.25, -0.2) is 0 Å². The fourth-order valence-electron chi connectivity index (χ4n) is 4.88. The summed E-state index contributed by atoms with van der Waals surface area (Å²) in [6.07, 6.45) is 1.66. The van der Waals surface area contributed by atoms with Crippen LogP contribution >= 0.6 is 0 Å². The molecule has 2 aromatic heterocycles. The molecule has 1 atom stereocenters. The summed E-state index contributed by atoms with van der Waals surface area (Å²) in [5, 5.41) is 0.914. The summed E-state index contributed by atoms with van der Waals surface area (Å²) in [6.45, 7) is 8.08. The van der Waals surface area contributed by atoms with E-state index < -0.39 is 0 Å². The highest BCUT2D eigenvalue weighted by atomic mass is 16.3. The SMILES string of the molecule is Cc1cccc(Cn2c(C(=O)N3CCN(C(=O)c4ccccc4C)C(C)C3)cc3ccoc32)c1. The summed E-state index contributed by atoms with van der Waals surface area (Å²) >= 11 is 0. The summed E-state index contributed by atoms with van der Waals surface area (Å²) in [7, 11) is 0. The number of hydrogen-bond donors (Lipinski definition) is 0. The molecule has 5 rings (SSSR count). The third-order valence-electron chi connectivity index (χ3n) is 6.70. The molecular weight excluding hydrogens is 426 g/mol. The molecular formula is C28H29N3O3. The minimum Gasteiger partial charge on any atom is -0.448 e. The first kappa shape index (κ1) is 22.0. The zero-order valence-electron chi connectivity index (χ0n) is 19.8. The topological polar surface area (TPSA) is 58.7 Å². The first-order valence-electron chi connectivity index (χ1n) is 11.7. The Hall–Kier alpha value is -3.80. The van der Waals surface area contributed by atoms with Crippen LogP contribution < -0.4 is 0 Å². The minimum atomic E-state index is -0.0759. The smallest absolute Gasteiger partial charge is 0.270 e. The van der Waals surface area contributed by atoms with Crippen LogP contribution in [0.1, 0.15) is 44.5 Å². The monoisotopic (exact) mass is 455 g/mol. The highest BCUT2D eigenvalue weighted by Gasteiger charge is 2.32. The van der Waals surface area contributed by atoms with Crippen LogP contribution in [0.2, 0.25) is 0 Å². The molecule has 0 N–H and O–H groups in total. The molecule has 0 radical (unpaired) electrons. The maximum atomic E-state index is 13.7. The highest BCUT2D eigenvalue weighted by Crippen LogP contribution is 2.25. The molecule has 174 valence electrons. The lowest BCUT2D eigenvalue weighted by atomic mass is 10.1. The molecule has 4 aromatic rings. The number of hydrogen-bond acceptors (Lipinski definition) is 3. The van der Waals surface area contributed by atoms with E-state index in [4.69, 9.17) is 4.42 Å². The number of piperazine rings is 1. The molecule has 0 aliphatic carbocycles. The lowest BCUT2D eigenvalue weighted by Crippen LogP contribution is -2.55. The molecule has 0 saturated carbocycles. The molecule has 1 fully saturated rings. The van der Waals surface area contributed by atoms with Gasteiger partial charge in [0.1, 0.15) is 5.69 Å². The Morgan fingerprint density at radius 1 is 0.971 bits per heavy atom. The standard InChI is InChI=1S/C28H29N3O3/c1-19-7-6-9-22(15-19)18-31-25(16-23-11-14-34-28(23)31)27(33)29-12-13-30(21(3)17-29)26(32)24-10-5-4-8-20(24)2/h4-11,14-16,21H,12-13,17-18H2,1-3H3. The second kappa shape index (κ2) is 8.86. The number of furan rings is 1. The van der Waals surface area contributed by atoms with E-state index in [1.807, 2.05) is 70.7 Å². The van der Waals surface area contributed by atoms with Crippen molar-refractivity contribution in [2.75, 3.05) is 19.6 Å². The molecule has 3 heterocycles. The Balaban J connectivity index is 1.37. The van der Waals surface area contributed by atoms with Gasteiger partial charge < -0.3 is 18.8 Å². The van der Waals surface area contributed by atoms with Crippen LogP contribution in [0.25, 0.3) is 11.1 Å². The van der Waals surface area contributed by atoms with Gasteiger partial charge in [0.2, 0.25) is 5.71 Å². The third-order valence-corrected chi connectivity index (χ3v) is 6.70. The summed E-state index contributed by atoms with van der Waals surface area (Å²) in [4.78, 5) is 30.5. The van der Waals surface area contributed by atoms with Gasteiger partial charge in [0, 0.05) is 36.6 Å². The Morgan fingerprint density at radius 2 is 1.79 bits per heavy atom. The van der Waals surface area contributed by atoms with E-state index in [9.17, 15) is 9.59 Å². The number of carbonyl (C=O) groups is 2. The molecule has 34 heavy (non-hydrogen) atoms. The summed E-state index contributed by atoms with van der Waals surface area (Å²) in [6, 6.07) is 19.7. The highest BCUT2D eigenvalue weighted by molar-refractivity contribution is 5.99. The Labute approximate surface area is 199 Å². The number of benzene rings is 2. The molecule has 1 aliphatic heterocycles. The van der Waals surface area contributed by atoms with Crippen molar-refractivity contribution in [1.29, 1.82) is 0 Å². The maximum Gasteiger partial charge on any atom is 0.270 e. The number of nitrogens with zero attached hydrogens (tertiary/aromatic N) is 3. The molecule has 2 aromatic carbocycles. The van der Waals surface area contributed by atoms with Crippen LogP contribution in [-0.2, 0) is 6.54 Å². The first-order chi connectivity index (χ1) is 16.4. The molecule has 0 bridgehead atoms. The van der Waals surface area contributed by atoms with Gasteiger partial charge in [0.05, 0.1) is 12.8 Å². The van der Waals surface area contributed by atoms with Gasteiger partial charge >= 0.3 is 0 Å². The summed E-state index contributed by atoms with van der Waals surface area (Å²) in [5.41, 5.74) is 5.30. The lowest BCUT2D eigenvalue weighted by Gasteiger charge is -2.40. The van der Waals surface area contributed by atoms with Gasteiger partial charge in [-0.1, -0.05) is 48.0 Å². The number of fused-ring (bicyclic) bond motifs is 1. The van der Waals surface area contributed by atoms with Crippen molar-refractivity contribution in [3.63, 3.8) is 0 Å². The van der Waals surface area contributed by atoms with Crippen LogP contribution in [0.4, 0.5) is 0 Å². The van der Waals surface area contributed by atoms with E-state index in [1.54, 1.807) is 6.26 Å². The van der Waals surface area contributed by atoms with Crippen LogP contribution in [0.15, 0.2) is 71.3 Å². The van der Waals surface area contributed by atoms with Gasteiger partial charge in [0.15, 0.2) is 0 Å². The van der Waals surface area contributed by atoms with E-state index >= 15 is 0 Å². The van der Waals surface area contributed by atoms with Gasteiger partial charge in [-0.3, -0.25) is 9.59 Å². The Bertz CT molecular complexity index is 1370. The van der Waals surface area contributed by atoms with E-state index in [0.717, 1.165) is 22.1 Å². The van der Waals surface area contributed by atoms with Gasteiger partial charge in [-0.2, -0.15) is 0 Å². The second-order valence-corrected chi connectivity index (χ2v) is 9.20. The summed E-state index contributed by atoms with van der Waals surface area (Å²) < 4.78 is 7.70. The average Bonchev–Trinajstić information content (AvgIpc) is 3.41. The van der Waals surface area contributed by atoms with Crippen LogP contribution in [-0.4, -0.2) is 51.9 Å². The van der Waals surface area contributed by atoms with E-state index in [2.05, 4.69) is 25.1 Å². The van der Waals surface area contributed by atoms with Crippen molar-refractivity contribution < 1.29 is 14.0 Å². The number of aryl methyl sites for hydroxylation is 2. The largest absolute Gasteiger partial charge is 0.448 e. The molecule has 0 spiro atoms. The van der Waals surface area contributed by atoms with Crippen molar-refractivity contribution in [3.05, 3.63) is 94.9 Å². The van der Waals surface area contributed by atoms with Crippen LogP contribution in [0.3, 0.4) is 0 Å². The summed E-state index contributed by atoms with van der Waals surface area (Å²) in [5.74, 6) is -0.00747. The Kier molecular flexibility index (Phi) is 5.74. The third kappa shape index (κ3) is 4.00. The molecule has 6 nitrogen and oxygen atoms in total. The number of carbonyl (C=O) groups excluding carboxylic acids is 2. The van der Waals surface area contributed by atoms with Gasteiger partial charge in [-0.15, -0.1) is 0 Å². The predicted molar refractivity (Wildman–Crippen MR) is 132 cm³/mol. The molecule has 6 heteroatoms. The predicted octanol–water partition coefficient (Wildman–Crippen LogP) is 4.89. The fourth-order valence-corrected chi connectivity index (χ4v) is 4.88. The lowest BCUT2D eigenvalue weighted by molar-refractivity contribution is 0.0409. The van der Waals surface area contributed by atoms with Crippen LogP contribution in [0, 0.1) is 13.8 Å². The second-order valence-electron chi connectivity index (χ2n) is 9.20. The van der Waals surface area contributed by atoms with Crippen molar-refractivity contribution in [2.45, 2.75) is 33.4 Å². The number of rotatable bonds is 4. The van der Waals surface area contributed by atoms with Crippen LogP contribution in [0.5, 0.6) is 0 Å². The minimum absolute atomic E-state index is 0.0260. The van der Waals surface area contributed by atoms with E-state index in [-0.39, 0.29) is 17.9 Å². The molecule has 1 aliphatic rings. The molecule has 1 saturated heterocycles. The fraction of sp³-hybridized carbons (Fsp3) is 0.286. The number of amides is 2. The first-order valence-corrected chi connectivity index (χ1v) is 11.7. The zero-order chi connectivity index (χ0) is 23.8. The molecule has 2 amide bonds. The average molecular weight is 456 g/mol. The van der Waals surface area contributed by atoms with Crippen molar-refractivity contribution >= 4 is 22.9 Å². The van der Waals surface area contributed by atoms with Crippen molar-refractivity contribution in [3.8, 4) is 0 Å². The van der Waals surface area contributed by atoms with Gasteiger partial charge in [0.25, 0.3) is 11.8 Å².